The first-order valence-corrected chi connectivity index (χ1v) is 4.93. The molecule has 0 fully saturated rings. The number of aromatic hydroxyl groups is 1. The number of hydrogen-bond donors (Lipinski definition) is 1. The van der Waals surface area contributed by atoms with Crippen molar-refractivity contribution in [2.45, 2.75) is 6.42 Å². The molecule has 1 N–H and O–H groups in total. The summed E-state index contributed by atoms with van der Waals surface area (Å²) in [5.74, 6) is -2.39. The SMILES string of the molecule is COC(=O)C(Cc1cc[c]c(O)c1)C(=O)OC. The lowest BCUT2D eigenvalue weighted by molar-refractivity contribution is -0.158. The maximum absolute atomic E-state index is 11.4. The van der Waals surface area contributed by atoms with Gasteiger partial charge in [0.1, 0.15) is 5.75 Å². The maximum atomic E-state index is 11.4. The molecule has 5 nitrogen and oxygen atoms in total. The van der Waals surface area contributed by atoms with Gasteiger partial charge in [-0.1, -0.05) is 12.1 Å². The Morgan fingerprint density at radius 1 is 1.35 bits per heavy atom. The van der Waals surface area contributed by atoms with E-state index in [4.69, 9.17) is 0 Å². The summed E-state index contributed by atoms with van der Waals surface area (Å²) in [6, 6.07) is 7.15. The molecule has 1 aromatic rings. The van der Waals surface area contributed by atoms with E-state index in [0.717, 1.165) is 0 Å². The first-order valence-electron chi connectivity index (χ1n) is 4.93. The molecule has 0 saturated carbocycles. The molecule has 0 atom stereocenters. The van der Waals surface area contributed by atoms with Gasteiger partial charge in [0, 0.05) is 6.07 Å². The van der Waals surface area contributed by atoms with Gasteiger partial charge in [-0.3, -0.25) is 9.59 Å². The Labute approximate surface area is 99.0 Å². The molecule has 1 aromatic carbocycles. The number of ether oxygens (including phenoxy) is 2. The molecular formula is C12H13O5. The van der Waals surface area contributed by atoms with Crippen LogP contribution >= 0.6 is 0 Å². The lowest BCUT2D eigenvalue weighted by atomic mass is 9.99. The fourth-order valence-electron chi connectivity index (χ4n) is 1.41. The molecule has 5 heteroatoms. The van der Waals surface area contributed by atoms with Crippen LogP contribution in [0.2, 0.25) is 0 Å². The van der Waals surface area contributed by atoms with E-state index in [1.54, 1.807) is 6.07 Å². The van der Waals surface area contributed by atoms with Gasteiger partial charge in [-0.15, -0.1) is 0 Å². The van der Waals surface area contributed by atoms with Crippen LogP contribution in [0.25, 0.3) is 0 Å². The molecular weight excluding hydrogens is 224 g/mol. The zero-order valence-corrected chi connectivity index (χ0v) is 9.60. The Kier molecular flexibility index (Phi) is 4.51. The monoisotopic (exact) mass is 237 g/mol. The predicted octanol–water partition coefficient (Wildman–Crippen LogP) is 0.697. The number of hydrogen-bond acceptors (Lipinski definition) is 5. The Balaban J connectivity index is 2.86. The third-order valence-electron chi connectivity index (χ3n) is 2.26. The highest BCUT2D eigenvalue weighted by molar-refractivity contribution is 5.95. The van der Waals surface area contributed by atoms with Gasteiger partial charge < -0.3 is 14.6 Å². The summed E-state index contributed by atoms with van der Waals surface area (Å²) in [7, 11) is 2.41. The van der Waals surface area contributed by atoms with Gasteiger partial charge in [-0.2, -0.15) is 0 Å². The predicted molar refractivity (Wildman–Crippen MR) is 58.2 cm³/mol. The highest BCUT2D eigenvalue weighted by Gasteiger charge is 2.28. The number of phenolic OH excluding ortho intramolecular Hbond substituents is 1. The van der Waals surface area contributed by atoms with Crippen molar-refractivity contribution in [2.75, 3.05) is 14.2 Å². The molecule has 1 radical (unpaired) electrons. The minimum Gasteiger partial charge on any atom is -0.507 e. The second-order valence-corrected chi connectivity index (χ2v) is 3.39. The molecule has 0 aromatic heterocycles. The minimum atomic E-state index is -1.02. The van der Waals surface area contributed by atoms with E-state index in [1.807, 2.05) is 0 Å². The van der Waals surface area contributed by atoms with Crippen LogP contribution in [-0.2, 0) is 25.5 Å². The average molecular weight is 237 g/mol. The Bertz CT molecular complexity index is 397. The van der Waals surface area contributed by atoms with Gasteiger partial charge in [0.25, 0.3) is 0 Å². The number of carbonyl (C=O) groups is 2. The molecule has 17 heavy (non-hydrogen) atoms. The molecule has 0 bridgehead atoms. The molecule has 0 aliphatic heterocycles. The van der Waals surface area contributed by atoms with Crippen molar-refractivity contribution >= 4 is 11.9 Å². The molecule has 91 valence electrons. The molecule has 0 aliphatic rings. The summed E-state index contributed by atoms with van der Waals surface area (Å²) in [6.07, 6.45) is 0.113. The highest BCUT2D eigenvalue weighted by atomic mass is 16.5. The van der Waals surface area contributed by atoms with Crippen LogP contribution in [0.3, 0.4) is 0 Å². The van der Waals surface area contributed by atoms with Crippen molar-refractivity contribution in [3.63, 3.8) is 0 Å². The lowest BCUT2D eigenvalue weighted by Gasteiger charge is -2.12. The first kappa shape index (κ1) is 13.0. The topological polar surface area (TPSA) is 72.8 Å². The van der Waals surface area contributed by atoms with E-state index in [0.29, 0.717) is 5.56 Å². The van der Waals surface area contributed by atoms with E-state index in [-0.39, 0.29) is 12.2 Å². The lowest BCUT2D eigenvalue weighted by Crippen LogP contribution is -2.28. The van der Waals surface area contributed by atoms with E-state index in [9.17, 15) is 14.7 Å². The number of carbonyl (C=O) groups excluding carboxylic acids is 2. The number of benzene rings is 1. The Morgan fingerprint density at radius 2 is 1.94 bits per heavy atom. The van der Waals surface area contributed by atoms with Crippen molar-refractivity contribution in [1.29, 1.82) is 0 Å². The number of rotatable bonds is 4. The number of esters is 2. The van der Waals surface area contributed by atoms with Crippen LogP contribution in [0.1, 0.15) is 5.56 Å². The molecule has 0 amide bonds. The molecule has 0 aliphatic carbocycles. The van der Waals surface area contributed by atoms with Gasteiger partial charge >= 0.3 is 11.9 Å². The van der Waals surface area contributed by atoms with Gasteiger partial charge in [-0.05, 0) is 18.1 Å². The standard InChI is InChI=1S/C12H13O5/c1-16-11(14)10(12(15)17-2)7-8-4-3-5-9(13)6-8/h3-4,6,10,13H,7H2,1-2H3. The van der Waals surface area contributed by atoms with Crippen LogP contribution in [-0.4, -0.2) is 31.3 Å². The highest BCUT2D eigenvalue weighted by Crippen LogP contribution is 2.16. The third-order valence-corrected chi connectivity index (χ3v) is 2.26. The second-order valence-electron chi connectivity index (χ2n) is 3.39. The fourth-order valence-corrected chi connectivity index (χ4v) is 1.41. The summed E-state index contributed by atoms with van der Waals surface area (Å²) in [5.41, 5.74) is 0.627. The largest absolute Gasteiger partial charge is 0.507 e. The normalized spacial score (nSPS) is 10.1. The number of methoxy groups -OCH3 is 2. The quantitative estimate of drug-likeness (QED) is 0.616. The van der Waals surface area contributed by atoms with Crippen molar-refractivity contribution < 1.29 is 24.2 Å². The summed E-state index contributed by atoms with van der Waals surface area (Å²) in [4.78, 5) is 22.8. The van der Waals surface area contributed by atoms with E-state index < -0.39 is 17.9 Å². The summed E-state index contributed by atoms with van der Waals surface area (Å²) in [5, 5.41) is 9.23. The molecule has 0 unspecified atom stereocenters. The van der Waals surface area contributed by atoms with Gasteiger partial charge in [0.15, 0.2) is 5.92 Å². The Morgan fingerprint density at radius 3 is 2.41 bits per heavy atom. The van der Waals surface area contributed by atoms with Crippen LogP contribution in [0.15, 0.2) is 18.2 Å². The van der Waals surface area contributed by atoms with Crippen molar-refractivity contribution in [3.8, 4) is 5.75 Å². The zero-order valence-electron chi connectivity index (χ0n) is 9.60. The zero-order chi connectivity index (χ0) is 12.8. The molecule has 1 rings (SSSR count). The van der Waals surface area contributed by atoms with Crippen molar-refractivity contribution in [1.82, 2.24) is 0 Å². The molecule has 0 heterocycles. The summed E-state index contributed by atoms with van der Waals surface area (Å²) in [6.45, 7) is 0. The Hall–Kier alpha value is -2.04. The van der Waals surface area contributed by atoms with Crippen LogP contribution in [0.5, 0.6) is 5.75 Å². The van der Waals surface area contributed by atoms with Gasteiger partial charge in [-0.25, -0.2) is 0 Å². The van der Waals surface area contributed by atoms with E-state index >= 15 is 0 Å². The number of phenols is 1. The maximum Gasteiger partial charge on any atom is 0.320 e. The van der Waals surface area contributed by atoms with Crippen LogP contribution in [0, 0.1) is 12.0 Å². The van der Waals surface area contributed by atoms with Crippen LogP contribution in [0.4, 0.5) is 0 Å². The van der Waals surface area contributed by atoms with Crippen molar-refractivity contribution in [2.24, 2.45) is 5.92 Å². The molecule has 0 spiro atoms. The fraction of sp³-hybridized carbons (Fsp3) is 0.333. The third kappa shape index (κ3) is 3.48. The average Bonchev–Trinajstić information content (AvgIpc) is 2.34. The van der Waals surface area contributed by atoms with E-state index in [2.05, 4.69) is 15.5 Å². The van der Waals surface area contributed by atoms with Gasteiger partial charge in [0.2, 0.25) is 0 Å². The smallest absolute Gasteiger partial charge is 0.320 e. The van der Waals surface area contributed by atoms with Gasteiger partial charge in [0.05, 0.1) is 14.2 Å². The van der Waals surface area contributed by atoms with E-state index in [1.165, 1.54) is 26.4 Å². The minimum absolute atomic E-state index is 0.0454. The van der Waals surface area contributed by atoms with Crippen LogP contribution < -0.4 is 0 Å². The summed E-state index contributed by atoms with van der Waals surface area (Å²) < 4.78 is 9.06. The molecule has 0 saturated heterocycles. The summed E-state index contributed by atoms with van der Waals surface area (Å²) >= 11 is 0. The van der Waals surface area contributed by atoms with Crippen molar-refractivity contribution in [3.05, 3.63) is 29.8 Å². The second kappa shape index (κ2) is 5.89. The first-order chi connectivity index (χ1) is 8.08.